The summed E-state index contributed by atoms with van der Waals surface area (Å²) in [6.45, 7) is 2.55. The zero-order chi connectivity index (χ0) is 20.2. The average Bonchev–Trinajstić information content (AvgIpc) is 3.01. The molecular weight excluding hydrogens is 382 g/mol. The third kappa shape index (κ3) is 4.41. The number of hydrogen-bond acceptors (Lipinski definition) is 4. The number of nitrogens with zero attached hydrogens (tertiary/aromatic N) is 1. The molecular formula is C24H19NO3S. The van der Waals surface area contributed by atoms with E-state index in [2.05, 4.69) is 19.1 Å². The minimum Gasteiger partial charge on any atom is -0.489 e. The maximum absolute atomic E-state index is 12.7. The van der Waals surface area contributed by atoms with E-state index in [0.717, 1.165) is 28.6 Å². The van der Waals surface area contributed by atoms with E-state index >= 15 is 0 Å². The highest BCUT2D eigenvalue weighted by Gasteiger charge is 2.36. The molecule has 0 bridgehead atoms. The number of anilines is 1. The molecule has 0 radical (unpaired) electrons. The lowest BCUT2D eigenvalue weighted by atomic mass is 10.1. The van der Waals surface area contributed by atoms with Crippen molar-refractivity contribution < 1.29 is 14.3 Å². The number of carbonyl (C=O) groups is 2. The van der Waals surface area contributed by atoms with Crippen LogP contribution in [0, 0.1) is 6.92 Å². The molecule has 3 aromatic rings. The standard InChI is InChI=1S/C24H19NO3S/c1-17-6-5-7-19(14-17)16-28-21-12-10-18(11-13-21)15-22-23(26)25(24(27)29-22)20-8-3-2-4-9-20/h2-15H,16H2,1H3/b22-15-. The molecule has 3 aromatic carbocycles. The van der Waals surface area contributed by atoms with Gasteiger partial charge in [0.15, 0.2) is 0 Å². The summed E-state index contributed by atoms with van der Waals surface area (Å²) < 4.78 is 5.83. The number of benzene rings is 3. The number of ether oxygens (including phenoxy) is 1. The lowest BCUT2D eigenvalue weighted by Gasteiger charge is -2.11. The van der Waals surface area contributed by atoms with E-state index in [0.29, 0.717) is 17.2 Å². The first kappa shape index (κ1) is 19.0. The van der Waals surface area contributed by atoms with E-state index in [4.69, 9.17) is 4.74 Å². The fourth-order valence-electron chi connectivity index (χ4n) is 3.05. The molecule has 2 amide bonds. The van der Waals surface area contributed by atoms with E-state index < -0.39 is 0 Å². The first-order valence-electron chi connectivity index (χ1n) is 9.21. The van der Waals surface area contributed by atoms with Crippen LogP contribution < -0.4 is 9.64 Å². The first-order chi connectivity index (χ1) is 14.1. The van der Waals surface area contributed by atoms with E-state index in [1.807, 2.05) is 42.5 Å². The van der Waals surface area contributed by atoms with Gasteiger partial charge in [-0.1, -0.05) is 60.2 Å². The van der Waals surface area contributed by atoms with E-state index in [1.54, 1.807) is 30.3 Å². The van der Waals surface area contributed by atoms with E-state index in [9.17, 15) is 9.59 Å². The van der Waals surface area contributed by atoms with Crippen LogP contribution in [0.3, 0.4) is 0 Å². The highest BCUT2D eigenvalue weighted by Crippen LogP contribution is 2.35. The smallest absolute Gasteiger partial charge is 0.298 e. The van der Waals surface area contributed by atoms with Crippen molar-refractivity contribution in [2.24, 2.45) is 0 Å². The normalized spacial score (nSPS) is 15.2. The molecule has 0 aliphatic carbocycles. The van der Waals surface area contributed by atoms with E-state index in [1.165, 1.54) is 10.5 Å². The maximum atomic E-state index is 12.7. The highest BCUT2D eigenvalue weighted by atomic mass is 32.2. The second-order valence-corrected chi connectivity index (χ2v) is 7.69. The summed E-state index contributed by atoms with van der Waals surface area (Å²) in [5.74, 6) is 0.451. The molecule has 144 valence electrons. The molecule has 29 heavy (non-hydrogen) atoms. The molecule has 4 rings (SSSR count). The summed E-state index contributed by atoms with van der Waals surface area (Å²) in [4.78, 5) is 26.6. The Morgan fingerprint density at radius 1 is 0.931 bits per heavy atom. The topological polar surface area (TPSA) is 46.6 Å². The Morgan fingerprint density at radius 3 is 2.41 bits per heavy atom. The Bertz CT molecular complexity index is 1070. The summed E-state index contributed by atoms with van der Waals surface area (Å²) in [5.41, 5.74) is 3.74. The Labute approximate surface area is 173 Å². The zero-order valence-electron chi connectivity index (χ0n) is 15.9. The molecule has 0 saturated carbocycles. The predicted molar refractivity (Wildman–Crippen MR) is 117 cm³/mol. The van der Waals surface area contributed by atoms with Crippen molar-refractivity contribution in [1.29, 1.82) is 0 Å². The molecule has 0 aromatic heterocycles. The predicted octanol–water partition coefficient (Wildman–Crippen LogP) is 5.81. The third-order valence-corrected chi connectivity index (χ3v) is 5.34. The lowest BCUT2D eigenvalue weighted by Crippen LogP contribution is -2.27. The maximum Gasteiger partial charge on any atom is 0.298 e. The van der Waals surface area contributed by atoms with Gasteiger partial charge >= 0.3 is 0 Å². The molecule has 0 atom stereocenters. The SMILES string of the molecule is Cc1cccc(COc2ccc(/C=C3\SC(=O)N(c4ccccc4)C3=O)cc2)c1. The van der Waals surface area contributed by atoms with Crippen LogP contribution in [-0.4, -0.2) is 11.1 Å². The Balaban J connectivity index is 1.45. The molecule has 1 aliphatic heterocycles. The minimum atomic E-state index is -0.300. The zero-order valence-corrected chi connectivity index (χ0v) is 16.7. The number of hydrogen-bond donors (Lipinski definition) is 0. The van der Waals surface area contributed by atoms with Crippen LogP contribution in [0.4, 0.5) is 10.5 Å². The van der Waals surface area contributed by atoms with Gasteiger partial charge in [0.1, 0.15) is 12.4 Å². The molecule has 1 fully saturated rings. The number of para-hydroxylation sites is 1. The molecule has 5 heteroatoms. The van der Waals surface area contributed by atoms with Crippen LogP contribution in [0.2, 0.25) is 0 Å². The van der Waals surface area contributed by atoms with Gasteiger partial charge < -0.3 is 4.74 Å². The monoisotopic (exact) mass is 401 g/mol. The van der Waals surface area contributed by atoms with Gasteiger partial charge in [-0.05, 0) is 60.2 Å². The Kier molecular flexibility index (Phi) is 5.49. The molecule has 1 heterocycles. The number of carbonyl (C=O) groups excluding carboxylic acids is 2. The molecule has 1 saturated heterocycles. The molecule has 0 spiro atoms. The summed E-state index contributed by atoms with van der Waals surface area (Å²) >= 11 is 0.952. The second-order valence-electron chi connectivity index (χ2n) is 6.70. The third-order valence-electron chi connectivity index (χ3n) is 4.47. The lowest BCUT2D eigenvalue weighted by molar-refractivity contribution is -0.113. The average molecular weight is 401 g/mol. The first-order valence-corrected chi connectivity index (χ1v) is 10.0. The fourth-order valence-corrected chi connectivity index (χ4v) is 3.89. The van der Waals surface area contributed by atoms with Gasteiger partial charge in [0.25, 0.3) is 11.1 Å². The molecule has 0 N–H and O–H groups in total. The highest BCUT2D eigenvalue weighted by molar-refractivity contribution is 8.19. The van der Waals surface area contributed by atoms with Gasteiger partial charge in [0.05, 0.1) is 10.6 Å². The molecule has 1 aliphatic rings. The van der Waals surface area contributed by atoms with Crippen LogP contribution in [0.15, 0.2) is 83.8 Å². The Hall–Kier alpha value is -3.31. The van der Waals surface area contributed by atoms with Gasteiger partial charge in [-0.2, -0.15) is 0 Å². The summed E-state index contributed by atoms with van der Waals surface area (Å²) in [6, 6.07) is 24.6. The summed E-state index contributed by atoms with van der Waals surface area (Å²) in [7, 11) is 0. The van der Waals surface area contributed by atoms with Crippen molar-refractivity contribution in [2.75, 3.05) is 4.90 Å². The van der Waals surface area contributed by atoms with Gasteiger partial charge in [-0.25, -0.2) is 4.90 Å². The summed E-state index contributed by atoms with van der Waals surface area (Å²) in [5, 5.41) is -0.287. The molecule has 0 unspecified atom stereocenters. The number of rotatable bonds is 5. The van der Waals surface area contributed by atoms with Crippen LogP contribution in [0.25, 0.3) is 6.08 Å². The van der Waals surface area contributed by atoms with Crippen molar-refractivity contribution in [3.63, 3.8) is 0 Å². The number of thioether (sulfide) groups is 1. The van der Waals surface area contributed by atoms with Gasteiger partial charge in [0, 0.05) is 0 Å². The van der Waals surface area contributed by atoms with Crippen LogP contribution in [0.5, 0.6) is 5.75 Å². The van der Waals surface area contributed by atoms with Crippen molar-refractivity contribution in [3.05, 3.63) is 100 Å². The fraction of sp³-hybridized carbons (Fsp3) is 0.0833. The number of aryl methyl sites for hydroxylation is 1. The van der Waals surface area contributed by atoms with E-state index in [-0.39, 0.29) is 11.1 Å². The molecule has 4 nitrogen and oxygen atoms in total. The minimum absolute atomic E-state index is 0.287. The number of amides is 2. The van der Waals surface area contributed by atoms with Crippen LogP contribution >= 0.6 is 11.8 Å². The van der Waals surface area contributed by atoms with Crippen molar-refractivity contribution >= 4 is 34.7 Å². The van der Waals surface area contributed by atoms with Crippen molar-refractivity contribution in [1.82, 2.24) is 0 Å². The van der Waals surface area contributed by atoms with Crippen molar-refractivity contribution in [3.8, 4) is 5.75 Å². The van der Waals surface area contributed by atoms with Crippen LogP contribution in [-0.2, 0) is 11.4 Å². The van der Waals surface area contributed by atoms with Crippen molar-refractivity contribution in [2.45, 2.75) is 13.5 Å². The number of imide groups is 1. The Morgan fingerprint density at radius 2 is 1.69 bits per heavy atom. The van der Waals surface area contributed by atoms with Gasteiger partial charge in [-0.3, -0.25) is 9.59 Å². The largest absolute Gasteiger partial charge is 0.489 e. The van der Waals surface area contributed by atoms with Gasteiger partial charge in [-0.15, -0.1) is 0 Å². The quantitative estimate of drug-likeness (QED) is 0.506. The summed E-state index contributed by atoms with van der Waals surface area (Å²) in [6.07, 6.45) is 1.73. The van der Waals surface area contributed by atoms with Crippen LogP contribution in [0.1, 0.15) is 16.7 Å². The van der Waals surface area contributed by atoms with Gasteiger partial charge in [0.2, 0.25) is 0 Å². The second kappa shape index (κ2) is 8.37.